The summed E-state index contributed by atoms with van der Waals surface area (Å²) in [6.07, 6.45) is 3.22. The molecule has 1 atom stereocenters. The number of fused-ring (bicyclic) bond motifs is 1. The molecule has 2 aliphatic heterocycles. The molecule has 0 spiro atoms. The summed E-state index contributed by atoms with van der Waals surface area (Å²) >= 11 is 0. The Labute approximate surface area is 207 Å². The lowest BCUT2D eigenvalue weighted by Crippen LogP contribution is -2.39. The lowest BCUT2D eigenvalue weighted by molar-refractivity contribution is 0.281. The van der Waals surface area contributed by atoms with Gasteiger partial charge in [0.15, 0.2) is 0 Å². The number of imidazole rings is 1. The molecule has 3 heterocycles. The van der Waals surface area contributed by atoms with E-state index >= 15 is 0 Å². The Morgan fingerprint density at radius 2 is 1.49 bits per heavy atom. The van der Waals surface area contributed by atoms with Gasteiger partial charge in [-0.2, -0.15) is 8.61 Å². The van der Waals surface area contributed by atoms with Gasteiger partial charge in [0.2, 0.25) is 20.0 Å². The van der Waals surface area contributed by atoms with Crippen LogP contribution in [0.3, 0.4) is 0 Å². The van der Waals surface area contributed by atoms with Crippen LogP contribution in [-0.2, 0) is 20.0 Å². The van der Waals surface area contributed by atoms with Gasteiger partial charge in [-0.25, -0.2) is 21.8 Å². The number of aromatic nitrogens is 2. The quantitative estimate of drug-likeness (QED) is 0.555. The zero-order valence-corrected chi connectivity index (χ0v) is 21.8. The molecule has 35 heavy (non-hydrogen) atoms. The second-order valence-electron chi connectivity index (χ2n) is 9.90. The van der Waals surface area contributed by atoms with Crippen LogP contribution in [0, 0.1) is 12.8 Å². The summed E-state index contributed by atoms with van der Waals surface area (Å²) in [5.41, 5.74) is 3.09. The molecule has 2 fully saturated rings. The Bertz CT molecular complexity index is 1420. The molecule has 2 aliphatic rings. The summed E-state index contributed by atoms with van der Waals surface area (Å²) in [7, 11) is -7.32. The number of hydrogen-bond donors (Lipinski definition) is 1. The van der Waals surface area contributed by atoms with Crippen molar-refractivity contribution < 1.29 is 16.8 Å². The van der Waals surface area contributed by atoms with E-state index in [1.54, 1.807) is 0 Å². The number of aryl methyl sites for hydroxylation is 1. The summed E-state index contributed by atoms with van der Waals surface area (Å²) in [4.78, 5) is 8.38. The maximum atomic E-state index is 13.3. The largest absolute Gasteiger partial charge is 0.342 e. The first-order chi connectivity index (χ1) is 16.6. The first kappa shape index (κ1) is 24.4. The zero-order chi connectivity index (χ0) is 24.8. The minimum Gasteiger partial charge on any atom is -0.342 e. The van der Waals surface area contributed by atoms with Crippen molar-refractivity contribution in [2.75, 3.05) is 26.2 Å². The summed E-state index contributed by atoms with van der Waals surface area (Å²) in [5, 5.41) is 0. The third-order valence-electron chi connectivity index (χ3n) is 7.22. The second-order valence-corrected chi connectivity index (χ2v) is 13.8. The number of piperidine rings is 2. The number of benzene rings is 2. The Morgan fingerprint density at radius 1 is 0.857 bits per heavy atom. The average Bonchev–Trinajstić information content (AvgIpc) is 3.27. The molecule has 0 amide bonds. The fraction of sp³-hybridized carbons (Fsp3) is 0.480. The number of hydrogen-bond acceptors (Lipinski definition) is 5. The lowest BCUT2D eigenvalue weighted by Gasteiger charge is -2.31. The van der Waals surface area contributed by atoms with Gasteiger partial charge in [0.25, 0.3) is 0 Å². The third-order valence-corrected chi connectivity index (χ3v) is 11.0. The number of rotatable bonds is 5. The highest BCUT2D eigenvalue weighted by molar-refractivity contribution is 7.89. The number of H-pyrrole nitrogens is 1. The van der Waals surface area contributed by atoms with Crippen LogP contribution in [0.15, 0.2) is 52.3 Å². The van der Waals surface area contributed by atoms with Crippen LogP contribution in [0.25, 0.3) is 11.0 Å². The highest BCUT2D eigenvalue weighted by atomic mass is 32.2. The van der Waals surface area contributed by atoms with Gasteiger partial charge in [-0.1, -0.05) is 13.0 Å². The highest BCUT2D eigenvalue weighted by Crippen LogP contribution is 2.31. The maximum Gasteiger partial charge on any atom is 0.243 e. The smallest absolute Gasteiger partial charge is 0.243 e. The topological polar surface area (TPSA) is 103 Å². The highest BCUT2D eigenvalue weighted by Gasteiger charge is 2.32. The Morgan fingerprint density at radius 3 is 2.11 bits per heavy atom. The van der Waals surface area contributed by atoms with Gasteiger partial charge in [0, 0.05) is 32.1 Å². The second kappa shape index (κ2) is 9.31. The molecule has 2 aromatic carbocycles. The van der Waals surface area contributed by atoms with Gasteiger partial charge >= 0.3 is 0 Å². The third kappa shape index (κ3) is 4.76. The molecule has 0 aliphatic carbocycles. The summed E-state index contributed by atoms with van der Waals surface area (Å²) in [6.45, 7) is 5.90. The first-order valence-electron chi connectivity index (χ1n) is 12.2. The van der Waals surface area contributed by atoms with Gasteiger partial charge in [-0.3, -0.25) is 0 Å². The van der Waals surface area contributed by atoms with Crippen LogP contribution >= 0.6 is 0 Å². The van der Waals surface area contributed by atoms with Crippen LogP contribution in [-0.4, -0.2) is 61.6 Å². The predicted molar refractivity (Wildman–Crippen MR) is 135 cm³/mol. The normalized spacial score (nSPS) is 21.5. The van der Waals surface area contributed by atoms with Crippen molar-refractivity contribution in [1.29, 1.82) is 0 Å². The van der Waals surface area contributed by atoms with Crippen molar-refractivity contribution in [2.45, 2.75) is 55.2 Å². The molecule has 0 saturated carbocycles. The van der Waals surface area contributed by atoms with Crippen LogP contribution in [0.5, 0.6) is 0 Å². The molecular weight excluding hydrogens is 484 g/mol. The lowest BCUT2D eigenvalue weighted by atomic mass is 9.97. The Balaban J connectivity index is 1.27. The van der Waals surface area contributed by atoms with E-state index < -0.39 is 20.0 Å². The molecule has 8 nitrogen and oxygen atoms in total. The number of sulfonamides is 2. The summed E-state index contributed by atoms with van der Waals surface area (Å²) < 4.78 is 55.5. The van der Waals surface area contributed by atoms with E-state index in [1.807, 2.05) is 19.1 Å². The molecular formula is C25H32N4O4S2. The number of nitrogens with zero attached hydrogens (tertiary/aromatic N) is 3. The summed E-state index contributed by atoms with van der Waals surface area (Å²) in [5.74, 6) is 1.41. The monoisotopic (exact) mass is 516 g/mol. The van der Waals surface area contributed by atoms with E-state index in [0.717, 1.165) is 35.3 Å². The van der Waals surface area contributed by atoms with Gasteiger partial charge in [0.1, 0.15) is 5.82 Å². The fourth-order valence-electron chi connectivity index (χ4n) is 5.15. The first-order valence-corrected chi connectivity index (χ1v) is 15.1. The van der Waals surface area contributed by atoms with Gasteiger partial charge < -0.3 is 4.98 Å². The van der Waals surface area contributed by atoms with Crippen molar-refractivity contribution in [2.24, 2.45) is 5.92 Å². The molecule has 1 aromatic heterocycles. The molecule has 10 heteroatoms. The average molecular weight is 517 g/mol. The zero-order valence-electron chi connectivity index (χ0n) is 20.1. The molecule has 5 rings (SSSR count). The van der Waals surface area contributed by atoms with Gasteiger partial charge in [0.05, 0.1) is 20.8 Å². The van der Waals surface area contributed by atoms with E-state index in [-0.39, 0.29) is 15.7 Å². The van der Waals surface area contributed by atoms with E-state index in [4.69, 9.17) is 4.98 Å². The van der Waals surface area contributed by atoms with E-state index in [1.165, 1.54) is 32.9 Å². The fourth-order valence-corrected chi connectivity index (χ4v) is 8.22. The number of nitrogens with one attached hydrogen (secondary N) is 1. The van der Waals surface area contributed by atoms with Crippen molar-refractivity contribution in [3.05, 3.63) is 53.9 Å². The van der Waals surface area contributed by atoms with Crippen LogP contribution in [0.4, 0.5) is 0 Å². The van der Waals surface area contributed by atoms with Crippen LogP contribution in [0.2, 0.25) is 0 Å². The van der Waals surface area contributed by atoms with Crippen molar-refractivity contribution in [1.82, 2.24) is 18.6 Å². The van der Waals surface area contributed by atoms with Crippen LogP contribution < -0.4 is 0 Å². The maximum absolute atomic E-state index is 13.3. The Hall–Kier alpha value is -2.27. The van der Waals surface area contributed by atoms with E-state index in [9.17, 15) is 16.8 Å². The Kier molecular flexibility index (Phi) is 6.50. The molecule has 0 bridgehead atoms. The van der Waals surface area contributed by atoms with E-state index in [2.05, 4.69) is 18.0 Å². The minimum atomic E-state index is -3.70. The standard InChI is InChI=1S/C25H32N4O4S2/c1-18-5-10-23-24(16-18)27-25(26-23)20-11-14-28(15-12-20)34(30,31)21-6-8-22(9-7-21)35(32,33)29-13-3-4-19(2)17-29/h5-10,16,19-20H,3-4,11-15,17H2,1-2H3,(H,26,27)/t19-/m0/s1. The predicted octanol–water partition coefficient (Wildman–Crippen LogP) is 3.86. The van der Waals surface area contributed by atoms with Crippen molar-refractivity contribution in [3.8, 4) is 0 Å². The molecule has 3 aromatic rings. The molecule has 0 unspecified atom stereocenters. The molecule has 1 N–H and O–H groups in total. The van der Waals surface area contributed by atoms with Gasteiger partial charge in [-0.15, -0.1) is 0 Å². The van der Waals surface area contributed by atoms with Crippen molar-refractivity contribution >= 4 is 31.1 Å². The van der Waals surface area contributed by atoms with Crippen LogP contribution in [0.1, 0.15) is 49.9 Å². The summed E-state index contributed by atoms with van der Waals surface area (Å²) in [6, 6.07) is 11.8. The van der Waals surface area contributed by atoms with E-state index in [0.29, 0.717) is 44.9 Å². The number of aromatic amines is 1. The van der Waals surface area contributed by atoms with Crippen molar-refractivity contribution in [3.63, 3.8) is 0 Å². The molecule has 0 radical (unpaired) electrons. The van der Waals surface area contributed by atoms with Gasteiger partial charge in [-0.05, 0) is 80.5 Å². The minimum absolute atomic E-state index is 0.126. The molecule has 188 valence electrons. The SMILES string of the molecule is Cc1ccc2nc(C3CCN(S(=O)(=O)c4ccc(S(=O)(=O)N5CCC[C@H](C)C5)cc4)CC3)[nH]c2c1. The molecule has 2 saturated heterocycles.